The van der Waals surface area contributed by atoms with Crippen LogP contribution in [0.15, 0.2) is 6.07 Å². The Balaban J connectivity index is 3.36. The molecule has 0 aliphatic rings. The molecule has 1 rings (SSSR count). The van der Waals surface area contributed by atoms with Crippen LogP contribution in [-0.4, -0.2) is 21.0 Å². The number of aliphatic carboxylic acids is 1. The molecule has 0 saturated carbocycles. The molecule has 9 heteroatoms. The standard InChI is InChI=1S/C8H7F2N3O4/c9-7(10)6-3(2-5(14)15)1-4(13(16)17)8(11)12-6/h1,7H,2H2,(H2,11,12)(H,14,15). The number of hydrogen-bond acceptors (Lipinski definition) is 5. The predicted octanol–water partition coefficient (Wildman–Crippen LogP) is 1.14. The van der Waals surface area contributed by atoms with E-state index in [9.17, 15) is 23.7 Å². The van der Waals surface area contributed by atoms with Crippen molar-refractivity contribution < 1.29 is 23.6 Å². The number of aromatic nitrogens is 1. The van der Waals surface area contributed by atoms with Crippen molar-refractivity contribution in [2.75, 3.05) is 5.73 Å². The Bertz CT molecular complexity index is 478. The van der Waals surface area contributed by atoms with Gasteiger partial charge in [0.25, 0.3) is 6.43 Å². The molecule has 1 heterocycles. The van der Waals surface area contributed by atoms with Crippen molar-refractivity contribution in [2.45, 2.75) is 12.8 Å². The molecule has 0 atom stereocenters. The highest BCUT2D eigenvalue weighted by Gasteiger charge is 2.23. The zero-order valence-electron chi connectivity index (χ0n) is 8.26. The average Bonchev–Trinajstić information content (AvgIpc) is 2.18. The molecule has 0 amide bonds. The minimum absolute atomic E-state index is 0.423. The molecule has 0 aliphatic carbocycles. The Labute approximate surface area is 93.0 Å². The van der Waals surface area contributed by atoms with Gasteiger partial charge in [-0.1, -0.05) is 0 Å². The molecule has 17 heavy (non-hydrogen) atoms. The Morgan fingerprint density at radius 1 is 1.65 bits per heavy atom. The number of halogens is 2. The molecular formula is C8H7F2N3O4. The number of nitrogen functional groups attached to an aromatic ring is 1. The molecule has 92 valence electrons. The van der Waals surface area contributed by atoms with Crippen molar-refractivity contribution >= 4 is 17.5 Å². The van der Waals surface area contributed by atoms with E-state index in [0.29, 0.717) is 6.07 Å². The summed E-state index contributed by atoms with van der Waals surface area (Å²) < 4.78 is 25.0. The summed E-state index contributed by atoms with van der Waals surface area (Å²) in [7, 11) is 0. The van der Waals surface area contributed by atoms with E-state index in [-0.39, 0.29) is 0 Å². The summed E-state index contributed by atoms with van der Waals surface area (Å²) in [6.45, 7) is 0. The van der Waals surface area contributed by atoms with Crippen molar-refractivity contribution in [3.63, 3.8) is 0 Å². The molecule has 3 N–H and O–H groups in total. The molecule has 7 nitrogen and oxygen atoms in total. The lowest BCUT2D eigenvalue weighted by atomic mass is 10.1. The van der Waals surface area contributed by atoms with Crippen LogP contribution in [-0.2, 0) is 11.2 Å². The van der Waals surface area contributed by atoms with Crippen molar-refractivity contribution in [1.82, 2.24) is 4.98 Å². The van der Waals surface area contributed by atoms with Gasteiger partial charge in [-0.3, -0.25) is 14.9 Å². The molecule has 0 unspecified atom stereocenters. The van der Waals surface area contributed by atoms with Crippen molar-refractivity contribution in [1.29, 1.82) is 0 Å². The topological polar surface area (TPSA) is 119 Å². The van der Waals surface area contributed by atoms with Crippen LogP contribution >= 0.6 is 0 Å². The molecule has 0 aliphatic heterocycles. The molecule has 0 spiro atoms. The largest absolute Gasteiger partial charge is 0.481 e. The summed E-state index contributed by atoms with van der Waals surface area (Å²) in [4.78, 5) is 23.2. The number of pyridine rings is 1. The second-order valence-electron chi connectivity index (χ2n) is 3.07. The van der Waals surface area contributed by atoms with Crippen molar-refractivity contribution in [3.8, 4) is 0 Å². The van der Waals surface area contributed by atoms with Gasteiger partial charge in [-0.25, -0.2) is 13.8 Å². The first-order valence-electron chi connectivity index (χ1n) is 4.26. The molecule has 0 radical (unpaired) electrons. The third kappa shape index (κ3) is 2.83. The number of rotatable bonds is 4. The fourth-order valence-electron chi connectivity index (χ4n) is 1.21. The highest BCUT2D eigenvalue weighted by Crippen LogP contribution is 2.28. The number of carboxylic acid groups (broad SMARTS) is 1. The monoisotopic (exact) mass is 247 g/mol. The molecule has 1 aromatic heterocycles. The lowest BCUT2D eigenvalue weighted by molar-refractivity contribution is -0.384. The van der Waals surface area contributed by atoms with Crippen LogP contribution in [0.5, 0.6) is 0 Å². The quantitative estimate of drug-likeness (QED) is 0.608. The van der Waals surface area contributed by atoms with E-state index in [1.165, 1.54) is 0 Å². The lowest BCUT2D eigenvalue weighted by Crippen LogP contribution is -2.09. The zero-order valence-corrected chi connectivity index (χ0v) is 8.26. The van der Waals surface area contributed by atoms with Gasteiger partial charge >= 0.3 is 11.7 Å². The number of nitrogens with zero attached hydrogens (tertiary/aromatic N) is 2. The summed E-state index contributed by atoms with van der Waals surface area (Å²) in [6.07, 6.45) is -3.83. The van der Waals surface area contributed by atoms with Crippen LogP contribution in [0.4, 0.5) is 20.3 Å². The van der Waals surface area contributed by atoms with E-state index in [2.05, 4.69) is 4.98 Å². The first-order chi connectivity index (χ1) is 7.82. The minimum Gasteiger partial charge on any atom is -0.481 e. The van der Waals surface area contributed by atoms with Crippen LogP contribution in [0, 0.1) is 10.1 Å². The fourth-order valence-corrected chi connectivity index (χ4v) is 1.21. The maximum atomic E-state index is 12.5. The van der Waals surface area contributed by atoms with E-state index in [4.69, 9.17) is 10.8 Å². The maximum absolute atomic E-state index is 12.5. The summed E-state index contributed by atoms with van der Waals surface area (Å²) in [5.74, 6) is -2.06. The molecular weight excluding hydrogens is 240 g/mol. The van der Waals surface area contributed by atoms with Gasteiger partial charge < -0.3 is 10.8 Å². The van der Waals surface area contributed by atoms with Crippen LogP contribution < -0.4 is 5.73 Å². The second kappa shape index (κ2) is 4.68. The Morgan fingerprint density at radius 3 is 2.65 bits per heavy atom. The molecule has 0 fully saturated rings. The van der Waals surface area contributed by atoms with Gasteiger partial charge in [-0.15, -0.1) is 0 Å². The molecule has 0 aromatic carbocycles. The van der Waals surface area contributed by atoms with Crippen LogP contribution in [0.2, 0.25) is 0 Å². The number of nitro groups is 1. The first kappa shape index (κ1) is 12.7. The van der Waals surface area contributed by atoms with Crippen molar-refractivity contribution in [3.05, 3.63) is 27.4 Å². The summed E-state index contributed by atoms with van der Waals surface area (Å²) >= 11 is 0. The Kier molecular flexibility index (Phi) is 3.51. The minimum atomic E-state index is -3.05. The van der Waals surface area contributed by atoms with E-state index in [0.717, 1.165) is 0 Å². The Hall–Kier alpha value is -2.32. The SMILES string of the molecule is Nc1nc(C(F)F)c(CC(=O)O)cc1[N+](=O)[O-]. The summed E-state index contributed by atoms with van der Waals surface area (Å²) in [5, 5.41) is 19.0. The number of carboxylic acids is 1. The van der Waals surface area contributed by atoms with Gasteiger partial charge in [0, 0.05) is 6.07 Å². The number of carbonyl (C=O) groups is 1. The first-order valence-corrected chi connectivity index (χ1v) is 4.26. The van der Waals surface area contributed by atoms with Crippen LogP contribution in [0.1, 0.15) is 17.7 Å². The molecule has 0 saturated heterocycles. The number of hydrogen-bond donors (Lipinski definition) is 2. The smallest absolute Gasteiger partial charge is 0.311 e. The number of nitrogens with two attached hydrogens (primary N) is 1. The average molecular weight is 247 g/mol. The van der Waals surface area contributed by atoms with Crippen molar-refractivity contribution in [2.24, 2.45) is 0 Å². The van der Waals surface area contributed by atoms with Gasteiger partial charge in [0.1, 0.15) is 5.69 Å². The highest BCUT2D eigenvalue weighted by atomic mass is 19.3. The number of anilines is 1. The van der Waals surface area contributed by atoms with Gasteiger partial charge in [0.2, 0.25) is 5.82 Å². The van der Waals surface area contributed by atoms with Crippen LogP contribution in [0.3, 0.4) is 0 Å². The van der Waals surface area contributed by atoms with E-state index in [1.807, 2.05) is 0 Å². The molecule has 0 bridgehead atoms. The van der Waals surface area contributed by atoms with Gasteiger partial charge in [-0.2, -0.15) is 0 Å². The Morgan fingerprint density at radius 2 is 2.24 bits per heavy atom. The summed E-state index contributed by atoms with van der Waals surface area (Å²) in [6, 6.07) is 0.706. The summed E-state index contributed by atoms with van der Waals surface area (Å²) in [5.41, 5.74) is 3.16. The van der Waals surface area contributed by atoms with E-state index in [1.54, 1.807) is 0 Å². The highest BCUT2D eigenvalue weighted by molar-refractivity contribution is 5.71. The lowest BCUT2D eigenvalue weighted by Gasteiger charge is -2.07. The second-order valence-corrected chi connectivity index (χ2v) is 3.07. The van der Waals surface area contributed by atoms with E-state index < -0.39 is 46.5 Å². The number of alkyl halides is 2. The predicted molar refractivity (Wildman–Crippen MR) is 51.6 cm³/mol. The van der Waals surface area contributed by atoms with Gasteiger partial charge in [-0.05, 0) is 5.56 Å². The maximum Gasteiger partial charge on any atom is 0.311 e. The van der Waals surface area contributed by atoms with E-state index >= 15 is 0 Å². The van der Waals surface area contributed by atoms with Gasteiger partial charge in [0.15, 0.2) is 0 Å². The third-order valence-electron chi connectivity index (χ3n) is 1.89. The molecule has 1 aromatic rings. The fraction of sp³-hybridized carbons (Fsp3) is 0.250. The normalized spacial score (nSPS) is 10.5. The van der Waals surface area contributed by atoms with Gasteiger partial charge in [0.05, 0.1) is 11.3 Å². The third-order valence-corrected chi connectivity index (χ3v) is 1.89. The zero-order chi connectivity index (χ0) is 13.2. The van der Waals surface area contributed by atoms with Crippen LogP contribution in [0.25, 0.3) is 0 Å².